The standard InChI is InChI=1S/C16H16ClN3O4/c17-11-4-1-10(2-5-11)3-6-12-8-24-15-14(19-12)16(23)20(9-18-15)7-13(21)22/h1-2,4-5,9,12,19H,3,6-8H2,(H,21,22)/t12-/m1/s1. The van der Waals surface area contributed by atoms with Crippen molar-refractivity contribution in [2.45, 2.75) is 25.4 Å². The van der Waals surface area contributed by atoms with Gasteiger partial charge in [-0.2, -0.15) is 0 Å². The van der Waals surface area contributed by atoms with Gasteiger partial charge in [-0.05, 0) is 30.5 Å². The number of fused-ring (bicyclic) bond motifs is 1. The molecule has 0 aliphatic carbocycles. The molecule has 1 aromatic carbocycles. The molecule has 0 unspecified atom stereocenters. The van der Waals surface area contributed by atoms with Crippen molar-refractivity contribution in [2.24, 2.45) is 0 Å². The first-order valence-electron chi connectivity index (χ1n) is 7.48. The van der Waals surface area contributed by atoms with Crippen molar-refractivity contribution in [2.75, 3.05) is 11.9 Å². The maximum atomic E-state index is 12.3. The summed E-state index contributed by atoms with van der Waals surface area (Å²) in [5, 5.41) is 12.6. The number of halogens is 1. The number of anilines is 1. The number of hydrogen-bond acceptors (Lipinski definition) is 5. The van der Waals surface area contributed by atoms with Crippen LogP contribution in [0.15, 0.2) is 35.4 Å². The molecule has 126 valence electrons. The minimum absolute atomic E-state index is 0.0524. The molecule has 0 amide bonds. The van der Waals surface area contributed by atoms with Crippen LogP contribution in [0.25, 0.3) is 0 Å². The minimum Gasteiger partial charge on any atom is -0.480 e. The summed E-state index contributed by atoms with van der Waals surface area (Å²) in [6.45, 7) is -0.0355. The van der Waals surface area contributed by atoms with Crippen LogP contribution in [0.2, 0.25) is 5.02 Å². The molecule has 1 atom stereocenters. The van der Waals surface area contributed by atoms with E-state index in [0.29, 0.717) is 11.6 Å². The highest BCUT2D eigenvalue weighted by Gasteiger charge is 2.24. The van der Waals surface area contributed by atoms with E-state index < -0.39 is 18.1 Å². The number of hydrogen-bond donors (Lipinski definition) is 2. The lowest BCUT2D eigenvalue weighted by molar-refractivity contribution is -0.137. The van der Waals surface area contributed by atoms with Gasteiger partial charge in [-0.15, -0.1) is 0 Å². The highest BCUT2D eigenvalue weighted by atomic mass is 35.5. The van der Waals surface area contributed by atoms with Crippen LogP contribution in [0, 0.1) is 0 Å². The van der Waals surface area contributed by atoms with Gasteiger partial charge in [-0.25, -0.2) is 4.98 Å². The molecule has 0 bridgehead atoms. The van der Waals surface area contributed by atoms with E-state index in [4.69, 9.17) is 21.4 Å². The van der Waals surface area contributed by atoms with E-state index in [2.05, 4.69) is 10.3 Å². The molecule has 24 heavy (non-hydrogen) atoms. The van der Waals surface area contributed by atoms with Crippen molar-refractivity contribution in [3.8, 4) is 5.88 Å². The number of aliphatic carboxylic acids is 1. The second kappa shape index (κ2) is 6.92. The lowest BCUT2D eigenvalue weighted by atomic mass is 10.0. The number of ether oxygens (including phenoxy) is 1. The van der Waals surface area contributed by atoms with Gasteiger partial charge in [0.15, 0.2) is 5.69 Å². The largest absolute Gasteiger partial charge is 0.480 e. The number of aryl methyl sites for hydroxylation is 1. The molecule has 2 N–H and O–H groups in total. The Morgan fingerprint density at radius 2 is 2.17 bits per heavy atom. The zero-order chi connectivity index (χ0) is 17.1. The van der Waals surface area contributed by atoms with E-state index in [1.54, 1.807) is 0 Å². The predicted octanol–water partition coefficient (Wildman–Crippen LogP) is 1.79. The Labute approximate surface area is 142 Å². The summed E-state index contributed by atoms with van der Waals surface area (Å²) in [5.74, 6) is -0.890. The Morgan fingerprint density at radius 3 is 2.88 bits per heavy atom. The van der Waals surface area contributed by atoms with Crippen molar-refractivity contribution in [1.29, 1.82) is 0 Å². The summed E-state index contributed by atoms with van der Waals surface area (Å²) < 4.78 is 6.57. The van der Waals surface area contributed by atoms with E-state index in [1.165, 1.54) is 6.33 Å². The highest BCUT2D eigenvalue weighted by Crippen LogP contribution is 2.23. The van der Waals surface area contributed by atoms with Gasteiger partial charge in [0.2, 0.25) is 5.88 Å². The Hall–Kier alpha value is -2.54. The smallest absolute Gasteiger partial charge is 0.323 e. The average Bonchev–Trinajstić information content (AvgIpc) is 2.57. The van der Waals surface area contributed by atoms with Crippen molar-refractivity contribution < 1.29 is 14.6 Å². The molecule has 1 aromatic heterocycles. The predicted molar refractivity (Wildman–Crippen MR) is 88.8 cm³/mol. The summed E-state index contributed by atoms with van der Waals surface area (Å²) in [5.41, 5.74) is 0.908. The number of nitrogens with zero attached hydrogens (tertiary/aromatic N) is 2. The van der Waals surface area contributed by atoms with Gasteiger partial charge in [-0.3, -0.25) is 14.2 Å². The molecule has 1 aliphatic heterocycles. The molecule has 1 aliphatic rings. The van der Waals surface area contributed by atoms with E-state index in [0.717, 1.165) is 23.0 Å². The van der Waals surface area contributed by atoms with Crippen LogP contribution < -0.4 is 15.6 Å². The molecule has 0 radical (unpaired) electrons. The Kier molecular flexibility index (Phi) is 4.71. The summed E-state index contributed by atoms with van der Waals surface area (Å²) >= 11 is 5.87. The summed E-state index contributed by atoms with van der Waals surface area (Å²) in [7, 11) is 0. The first kappa shape index (κ1) is 16.3. The summed E-state index contributed by atoms with van der Waals surface area (Å²) in [4.78, 5) is 27.1. The van der Waals surface area contributed by atoms with Crippen molar-refractivity contribution in [1.82, 2.24) is 9.55 Å². The fourth-order valence-corrected chi connectivity index (χ4v) is 2.66. The maximum Gasteiger partial charge on any atom is 0.323 e. The first-order chi connectivity index (χ1) is 11.5. The van der Waals surface area contributed by atoms with E-state index in [1.807, 2.05) is 24.3 Å². The Balaban J connectivity index is 1.70. The molecule has 0 saturated heterocycles. The van der Waals surface area contributed by atoms with Gasteiger partial charge in [0, 0.05) is 5.02 Å². The molecule has 0 spiro atoms. The third-order valence-corrected chi connectivity index (χ3v) is 4.02. The fraction of sp³-hybridized carbons (Fsp3) is 0.312. The van der Waals surface area contributed by atoms with Crippen molar-refractivity contribution >= 4 is 23.3 Å². The van der Waals surface area contributed by atoms with Crippen LogP contribution in [0.3, 0.4) is 0 Å². The molecule has 0 saturated carbocycles. The van der Waals surface area contributed by atoms with Crippen molar-refractivity contribution in [3.05, 3.63) is 51.5 Å². The third-order valence-electron chi connectivity index (χ3n) is 3.77. The fourth-order valence-electron chi connectivity index (χ4n) is 2.54. The van der Waals surface area contributed by atoms with E-state index in [-0.39, 0.29) is 17.6 Å². The zero-order valence-corrected chi connectivity index (χ0v) is 13.5. The molecule has 8 heteroatoms. The molecular formula is C16H16ClN3O4. The van der Waals surface area contributed by atoms with Crippen LogP contribution >= 0.6 is 11.6 Å². The molecule has 0 fully saturated rings. The van der Waals surface area contributed by atoms with Gasteiger partial charge in [0.1, 0.15) is 19.5 Å². The SMILES string of the molecule is O=C(O)Cn1cnc2c(c1=O)N[C@H](CCc1ccc(Cl)cc1)CO2. The van der Waals surface area contributed by atoms with Gasteiger partial charge in [0.25, 0.3) is 5.56 Å². The number of carboxylic acids is 1. The number of rotatable bonds is 5. The van der Waals surface area contributed by atoms with Crippen LogP contribution in [0.5, 0.6) is 5.88 Å². The zero-order valence-electron chi connectivity index (χ0n) is 12.7. The third kappa shape index (κ3) is 3.68. The normalized spacial score (nSPS) is 16.0. The second-order valence-electron chi connectivity index (χ2n) is 5.57. The van der Waals surface area contributed by atoms with Gasteiger partial charge >= 0.3 is 5.97 Å². The minimum atomic E-state index is -1.10. The van der Waals surface area contributed by atoms with Crippen LogP contribution in [-0.2, 0) is 17.8 Å². The van der Waals surface area contributed by atoms with Crippen LogP contribution in [0.4, 0.5) is 5.69 Å². The topological polar surface area (TPSA) is 93.5 Å². The second-order valence-corrected chi connectivity index (χ2v) is 6.01. The van der Waals surface area contributed by atoms with E-state index in [9.17, 15) is 9.59 Å². The number of nitrogens with one attached hydrogen (secondary N) is 1. The Bertz CT molecular complexity index is 804. The Morgan fingerprint density at radius 1 is 1.42 bits per heavy atom. The summed E-state index contributed by atoms with van der Waals surface area (Å²) in [6.07, 6.45) is 2.75. The van der Waals surface area contributed by atoms with Crippen molar-refractivity contribution in [3.63, 3.8) is 0 Å². The first-order valence-corrected chi connectivity index (χ1v) is 7.86. The number of benzene rings is 1. The molecular weight excluding hydrogens is 334 g/mol. The maximum absolute atomic E-state index is 12.3. The van der Waals surface area contributed by atoms with Gasteiger partial charge in [0.05, 0.1) is 6.04 Å². The van der Waals surface area contributed by atoms with Crippen LogP contribution in [-0.4, -0.2) is 33.3 Å². The number of aromatic nitrogens is 2. The lowest BCUT2D eigenvalue weighted by Crippen LogP contribution is -2.38. The molecule has 3 rings (SSSR count). The van der Waals surface area contributed by atoms with Gasteiger partial charge < -0.3 is 15.2 Å². The van der Waals surface area contributed by atoms with E-state index >= 15 is 0 Å². The average molecular weight is 350 g/mol. The molecule has 2 aromatic rings. The monoisotopic (exact) mass is 349 g/mol. The van der Waals surface area contributed by atoms with Crippen LogP contribution in [0.1, 0.15) is 12.0 Å². The quantitative estimate of drug-likeness (QED) is 0.854. The highest BCUT2D eigenvalue weighted by molar-refractivity contribution is 6.30. The molecule has 7 nitrogen and oxygen atoms in total. The summed E-state index contributed by atoms with van der Waals surface area (Å²) in [6, 6.07) is 7.54. The number of carbonyl (C=O) groups is 1. The van der Waals surface area contributed by atoms with Gasteiger partial charge in [-0.1, -0.05) is 23.7 Å². The number of carboxylic acid groups (broad SMARTS) is 1. The lowest BCUT2D eigenvalue weighted by Gasteiger charge is -2.26. The molecule has 2 heterocycles.